The second-order valence-electron chi connectivity index (χ2n) is 5.85. The second-order valence-corrected chi connectivity index (χ2v) is 6.96. The maximum absolute atomic E-state index is 12.3. The number of carbonyl (C=O) groups excluding carboxylic acids is 3. The summed E-state index contributed by atoms with van der Waals surface area (Å²) < 4.78 is 10.2. The molecule has 7 nitrogen and oxygen atoms in total. The van der Waals surface area contributed by atoms with Gasteiger partial charge in [0, 0.05) is 4.88 Å². The van der Waals surface area contributed by atoms with E-state index in [-0.39, 0.29) is 5.56 Å². The number of furan rings is 1. The highest BCUT2D eigenvalue weighted by molar-refractivity contribution is 7.17. The molecule has 0 spiro atoms. The fraction of sp³-hybridized carbons (Fsp3) is 0.353. The van der Waals surface area contributed by atoms with Crippen LogP contribution in [0.25, 0.3) is 0 Å². The summed E-state index contributed by atoms with van der Waals surface area (Å²) in [6, 6.07) is 1.48. The predicted molar refractivity (Wildman–Crippen MR) is 91.8 cm³/mol. The van der Waals surface area contributed by atoms with Crippen LogP contribution >= 0.6 is 11.3 Å². The highest BCUT2D eigenvalue weighted by Crippen LogP contribution is 2.38. The summed E-state index contributed by atoms with van der Waals surface area (Å²) in [4.78, 5) is 37.2. The van der Waals surface area contributed by atoms with Crippen molar-refractivity contribution in [3.8, 4) is 0 Å². The molecule has 3 N–H and O–H groups in total. The number of hydrogen-bond acceptors (Lipinski definition) is 6. The molecule has 2 aromatic heterocycles. The summed E-state index contributed by atoms with van der Waals surface area (Å²) in [5.41, 5.74) is 7.03. The van der Waals surface area contributed by atoms with Gasteiger partial charge < -0.3 is 20.2 Å². The van der Waals surface area contributed by atoms with Crippen molar-refractivity contribution in [2.45, 2.75) is 39.2 Å². The molecule has 2 amide bonds. The molecule has 8 heteroatoms. The molecule has 0 bridgehead atoms. The van der Waals surface area contributed by atoms with E-state index in [2.05, 4.69) is 5.32 Å². The molecule has 1 aliphatic carbocycles. The summed E-state index contributed by atoms with van der Waals surface area (Å²) in [5, 5.41) is 3.09. The van der Waals surface area contributed by atoms with Gasteiger partial charge in [0.15, 0.2) is 6.10 Å². The number of primary amides is 1. The lowest BCUT2D eigenvalue weighted by molar-refractivity contribution is -0.123. The number of fused-ring (bicyclic) bond motifs is 1. The maximum atomic E-state index is 12.3. The first-order chi connectivity index (χ1) is 11.9. The Bertz CT molecular complexity index is 851. The minimum absolute atomic E-state index is 0.271. The van der Waals surface area contributed by atoms with Crippen molar-refractivity contribution < 1.29 is 23.5 Å². The van der Waals surface area contributed by atoms with Gasteiger partial charge in [-0.05, 0) is 44.7 Å². The van der Waals surface area contributed by atoms with Gasteiger partial charge in [-0.2, -0.15) is 0 Å². The van der Waals surface area contributed by atoms with Crippen molar-refractivity contribution in [1.82, 2.24) is 0 Å². The Morgan fingerprint density at radius 3 is 2.76 bits per heavy atom. The Kier molecular flexibility index (Phi) is 4.63. The lowest BCUT2D eigenvalue weighted by Crippen LogP contribution is -2.30. The van der Waals surface area contributed by atoms with Crippen LogP contribution in [0.5, 0.6) is 0 Å². The van der Waals surface area contributed by atoms with Crippen LogP contribution in [0.15, 0.2) is 16.7 Å². The normalized spacial score (nSPS) is 14.0. The Hall–Kier alpha value is -2.61. The molecule has 0 unspecified atom stereocenters. The second kappa shape index (κ2) is 6.72. The standard InChI is InChI=1S/C17H18N2O5S/c1-8-10(6-7-23-8)17(22)24-9(2)15(21)19-16-13(14(18)20)11-4-3-5-12(11)25-16/h6-7,9H,3-5H2,1-2H3,(H2,18,20)(H,19,21)/t9-/m1/s1. The van der Waals surface area contributed by atoms with Crippen molar-refractivity contribution in [3.63, 3.8) is 0 Å². The minimum Gasteiger partial charge on any atom is -0.469 e. The molecule has 2 aromatic rings. The van der Waals surface area contributed by atoms with Gasteiger partial charge in [-0.1, -0.05) is 0 Å². The highest BCUT2D eigenvalue weighted by Gasteiger charge is 2.28. The van der Waals surface area contributed by atoms with Gasteiger partial charge in [0.05, 0.1) is 11.8 Å². The van der Waals surface area contributed by atoms with Crippen molar-refractivity contribution in [2.75, 3.05) is 5.32 Å². The van der Waals surface area contributed by atoms with Crippen molar-refractivity contribution >= 4 is 34.1 Å². The number of amides is 2. The summed E-state index contributed by atoms with van der Waals surface area (Å²) in [7, 11) is 0. The predicted octanol–water partition coefficient (Wildman–Crippen LogP) is 2.42. The summed E-state index contributed by atoms with van der Waals surface area (Å²) in [6.07, 6.45) is 2.99. The minimum atomic E-state index is -1.03. The summed E-state index contributed by atoms with van der Waals surface area (Å²) in [6.45, 7) is 3.10. The molecule has 1 atom stereocenters. The largest absolute Gasteiger partial charge is 0.469 e. The van der Waals surface area contributed by atoms with E-state index >= 15 is 0 Å². The molecule has 2 heterocycles. The zero-order valence-corrected chi connectivity index (χ0v) is 14.7. The number of anilines is 1. The quantitative estimate of drug-likeness (QED) is 0.794. The molecule has 25 heavy (non-hydrogen) atoms. The first kappa shape index (κ1) is 17.2. The van der Waals surface area contributed by atoms with Crippen molar-refractivity contribution in [3.05, 3.63) is 39.7 Å². The van der Waals surface area contributed by atoms with E-state index in [1.54, 1.807) is 6.92 Å². The van der Waals surface area contributed by atoms with Gasteiger partial charge in [-0.25, -0.2) is 4.79 Å². The molecule has 0 radical (unpaired) electrons. The van der Waals surface area contributed by atoms with Crippen molar-refractivity contribution in [1.29, 1.82) is 0 Å². The monoisotopic (exact) mass is 362 g/mol. The fourth-order valence-electron chi connectivity index (χ4n) is 2.84. The first-order valence-corrected chi connectivity index (χ1v) is 8.70. The van der Waals surface area contributed by atoms with Gasteiger partial charge in [0.1, 0.15) is 16.3 Å². The van der Waals surface area contributed by atoms with E-state index in [1.807, 2.05) is 0 Å². The van der Waals surface area contributed by atoms with Gasteiger partial charge in [-0.3, -0.25) is 9.59 Å². The van der Waals surface area contributed by atoms with Crippen LogP contribution in [0, 0.1) is 6.92 Å². The average molecular weight is 362 g/mol. The number of carbonyl (C=O) groups is 3. The van der Waals surface area contributed by atoms with E-state index in [0.29, 0.717) is 16.3 Å². The third kappa shape index (κ3) is 3.30. The first-order valence-electron chi connectivity index (χ1n) is 7.88. The Labute approximate surface area is 148 Å². The van der Waals surface area contributed by atoms with Crippen LogP contribution in [0.4, 0.5) is 5.00 Å². The van der Waals surface area contributed by atoms with E-state index in [1.165, 1.54) is 30.6 Å². The molecule has 0 aromatic carbocycles. The lowest BCUT2D eigenvalue weighted by atomic mass is 10.1. The molecule has 0 fully saturated rings. The summed E-state index contributed by atoms with van der Waals surface area (Å²) >= 11 is 1.35. The van der Waals surface area contributed by atoms with E-state index in [0.717, 1.165) is 29.7 Å². The lowest BCUT2D eigenvalue weighted by Gasteiger charge is -2.13. The van der Waals surface area contributed by atoms with E-state index in [4.69, 9.17) is 14.9 Å². The molecule has 0 saturated heterocycles. The zero-order valence-electron chi connectivity index (χ0n) is 13.9. The number of nitrogens with one attached hydrogen (secondary N) is 1. The van der Waals surface area contributed by atoms with Gasteiger partial charge in [0.25, 0.3) is 11.8 Å². The van der Waals surface area contributed by atoms with Crippen molar-refractivity contribution in [2.24, 2.45) is 5.73 Å². The average Bonchev–Trinajstić information content (AvgIpc) is 3.21. The SMILES string of the molecule is Cc1occc1C(=O)O[C@H](C)C(=O)Nc1sc2c(c1C(N)=O)CCC2. The van der Waals surface area contributed by atoms with Crippen LogP contribution in [-0.2, 0) is 22.4 Å². The van der Waals surface area contributed by atoms with Crippen LogP contribution in [0.2, 0.25) is 0 Å². The third-order valence-electron chi connectivity index (χ3n) is 4.14. The van der Waals surface area contributed by atoms with Gasteiger partial charge in [0.2, 0.25) is 0 Å². The molecule has 132 valence electrons. The van der Waals surface area contributed by atoms with Crippen LogP contribution in [-0.4, -0.2) is 23.9 Å². The molecular weight excluding hydrogens is 344 g/mol. The molecule has 0 saturated carbocycles. The fourth-order valence-corrected chi connectivity index (χ4v) is 4.14. The third-order valence-corrected chi connectivity index (χ3v) is 5.34. The number of aryl methyl sites for hydroxylation is 2. The number of nitrogens with two attached hydrogens (primary N) is 1. The smallest absolute Gasteiger partial charge is 0.342 e. The Morgan fingerprint density at radius 2 is 2.12 bits per heavy atom. The van der Waals surface area contributed by atoms with Crippen LogP contribution in [0.3, 0.4) is 0 Å². The van der Waals surface area contributed by atoms with Crippen LogP contribution < -0.4 is 11.1 Å². The van der Waals surface area contributed by atoms with Gasteiger partial charge >= 0.3 is 5.97 Å². The molecule has 0 aliphatic heterocycles. The van der Waals surface area contributed by atoms with Gasteiger partial charge in [-0.15, -0.1) is 11.3 Å². The highest BCUT2D eigenvalue weighted by atomic mass is 32.1. The van der Waals surface area contributed by atoms with Crippen LogP contribution in [0.1, 0.15) is 50.3 Å². The number of thiophene rings is 1. The topological polar surface area (TPSA) is 112 Å². The number of rotatable bonds is 5. The number of esters is 1. The maximum Gasteiger partial charge on any atom is 0.342 e. The van der Waals surface area contributed by atoms with E-state index < -0.39 is 23.9 Å². The summed E-state index contributed by atoms with van der Waals surface area (Å²) in [5.74, 6) is -1.30. The molecular formula is C17H18N2O5S. The van der Waals surface area contributed by atoms with E-state index in [9.17, 15) is 14.4 Å². The number of hydrogen-bond donors (Lipinski definition) is 2. The zero-order chi connectivity index (χ0) is 18.1. The molecule has 3 rings (SSSR count). The number of ether oxygens (including phenoxy) is 1. The molecule has 1 aliphatic rings. The Morgan fingerprint density at radius 1 is 1.36 bits per heavy atom. The Balaban J connectivity index is 1.71.